The highest BCUT2D eigenvalue weighted by Gasteiger charge is 2.30. The Morgan fingerprint density at radius 2 is 1.40 bits per heavy atom. The summed E-state index contributed by atoms with van der Waals surface area (Å²) in [5.41, 5.74) is 11.3. The van der Waals surface area contributed by atoms with Crippen molar-refractivity contribution in [3.63, 3.8) is 0 Å². The SMILES string of the molecule is NCc1c(CN)c(O)n(-c2ccc(OC(=O)c3ccc(C(F)(F)F)cc3)cc2)c1O. The van der Waals surface area contributed by atoms with E-state index in [1.54, 1.807) is 0 Å². The second kappa shape index (κ2) is 8.09. The second-order valence-electron chi connectivity index (χ2n) is 6.31. The van der Waals surface area contributed by atoms with Gasteiger partial charge in [0.1, 0.15) is 5.75 Å². The van der Waals surface area contributed by atoms with Crippen molar-refractivity contribution in [2.45, 2.75) is 19.3 Å². The molecule has 0 unspecified atom stereocenters. The fourth-order valence-corrected chi connectivity index (χ4v) is 2.94. The molecule has 1 aromatic heterocycles. The van der Waals surface area contributed by atoms with Gasteiger partial charge in [-0.25, -0.2) is 4.79 Å². The van der Waals surface area contributed by atoms with Crippen LogP contribution in [0.1, 0.15) is 27.0 Å². The predicted molar refractivity (Wildman–Crippen MR) is 101 cm³/mol. The second-order valence-corrected chi connectivity index (χ2v) is 6.31. The highest BCUT2D eigenvalue weighted by atomic mass is 19.4. The maximum absolute atomic E-state index is 12.6. The van der Waals surface area contributed by atoms with Crippen LogP contribution >= 0.6 is 0 Å². The van der Waals surface area contributed by atoms with Crippen LogP contribution in [0.5, 0.6) is 17.5 Å². The number of hydrogen-bond acceptors (Lipinski definition) is 6. The number of aromatic nitrogens is 1. The van der Waals surface area contributed by atoms with Gasteiger partial charge in [-0.3, -0.25) is 4.57 Å². The van der Waals surface area contributed by atoms with E-state index in [2.05, 4.69) is 0 Å². The van der Waals surface area contributed by atoms with Gasteiger partial charge in [-0.2, -0.15) is 13.2 Å². The van der Waals surface area contributed by atoms with Crippen LogP contribution in [0, 0.1) is 0 Å². The molecule has 0 saturated carbocycles. The predicted octanol–water partition coefficient (Wildman–Crippen LogP) is 3.04. The van der Waals surface area contributed by atoms with E-state index in [1.165, 1.54) is 24.3 Å². The largest absolute Gasteiger partial charge is 0.494 e. The highest BCUT2D eigenvalue weighted by molar-refractivity contribution is 5.91. The molecule has 0 bridgehead atoms. The van der Waals surface area contributed by atoms with Crippen molar-refractivity contribution in [1.29, 1.82) is 0 Å². The number of esters is 1. The maximum atomic E-state index is 12.6. The smallest absolute Gasteiger partial charge is 0.416 e. The first-order valence-electron chi connectivity index (χ1n) is 8.71. The Bertz CT molecular complexity index is 1030. The Morgan fingerprint density at radius 3 is 1.83 bits per heavy atom. The third kappa shape index (κ3) is 3.95. The Kier molecular flexibility index (Phi) is 5.72. The number of rotatable bonds is 5. The summed E-state index contributed by atoms with van der Waals surface area (Å²) < 4.78 is 44.1. The average Bonchev–Trinajstić information content (AvgIpc) is 2.96. The lowest BCUT2D eigenvalue weighted by Crippen LogP contribution is -2.10. The Morgan fingerprint density at radius 1 is 0.900 bits per heavy atom. The molecule has 0 radical (unpaired) electrons. The van der Waals surface area contributed by atoms with Crippen molar-refractivity contribution < 1.29 is 32.9 Å². The first-order chi connectivity index (χ1) is 14.2. The third-order valence-electron chi connectivity index (χ3n) is 4.49. The number of aromatic hydroxyl groups is 2. The first kappa shape index (κ1) is 21.2. The minimum Gasteiger partial charge on any atom is -0.494 e. The number of nitrogens with zero attached hydrogens (tertiary/aromatic N) is 1. The summed E-state index contributed by atoms with van der Waals surface area (Å²) in [5, 5.41) is 20.6. The van der Waals surface area contributed by atoms with Crippen LogP contribution in [0.4, 0.5) is 13.2 Å². The molecule has 0 aliphatic heterocycles. The van der Waals surface area contributed by atoms with Gasteiger partial charge in [-0.05, 0) is 48.5 Å². The van der Waals surface area contributed by atoms with E-state index in [-0.39, 0.29) is 36.2 Å². The summed E-state index contributed by atoms with van der Waals surface area (Å²) in [5.74, 6) is -1.23. The van der Waals surface area contributed by atoms with Gasteiger partial charge >= 0.3 is 12.1 Å². The molecule has 3 rings (SSSR count). The summed E-state index contributed by atoms with van der Waals surface area (Å²) in [6, 6.07) is 9.38. The van der Waals surface area contributed by atoms with Crippen molar-refractivity contribution in [2.24, 2.45) is 11.5 Å². The Hall–Kier alpha value is -3.50. The number of ether oxygens (including phenoxy) is 1. The van der Waals surface area contributed by atoms with Crippen molar-refractivity contribution >= 4 is 5.97 Å². The first-order valence-corrected chi connectivity index (χ1v) is 8.71. The average molecular weight is 421 g/mol. The molecule has 0 amide bonds. The minimum atomic E-state index is -4.50. The number of hydrogen-bond donors (Lipinski definition) is 4. The summed E-state index contributed by atoms with van der Waals surface area (Å²) in [4.78, 5) is 12.1. The monoisotopic (exact) mass is 421 g/mol. The number of nitrogens with two attached hydrogens (primary N) is 2. The fourth-order valence-electron chi connectivity index (χ4n) is 2.94. The van der Waals surface area contributed by atoms with Crippen LogP contribution in [0.2, 0.25) is 0 Å². The molecule has 10 heteroatoms. The van der Waals surface area contributed by atoms with Crippen LogP contribution in [0.25, 0.3) is 5.69 Å². The molecule has 0 aliphatic carbocycles. The van der Waals surface area contributed by atoms with Gasteiger partial charge in [0.2, 0.25) is 11.8 Å². The molecule has 30 heavy (non-hydrogen) atoms. The van der Waals surface area contributed by atoms with Gasteiger partial charge in [-0.15, -0.1) is 0 Å². The number of alkyl halides is 3. The summed E-state index contributed by atoms with van der Waals surface area (Å²) >= 11 is 0. The molecule has 6 N–H and O–H groups in total. The Labute approximate surface area is 168 Å². The van der Waals surface area contributed by atoms with E-state index in [9.17, 15) is 28.2 Å². The van der Waals surface area contributed by atoms with Gasteiger partial charge in [0.15, 0.2) is 0 Å². The van der Waals surface area contributed by atoms with Crippen molar-refractivity contribution in [2.75, 3.05) is 0 Å². The third-order valence-corrected chi connectivity index (χ3v) is 4.49. The van der Waals surface area contributed by atoms with Crippen LogP contribution in [-0.4, -0.2) is 20.7 Å². The number of benzene rings is 2. The molecule has 1 heterocycles. The van der Waals surface area contributed by atoms with E-state index in [4.69, 9.17) is 16.2 Å². The van der Waals surface area contributed by atoms with Crippen LogP contribution in [0.15, 0.2) is 48.5 Å². The molecule has 0 saturated heterocycles. The van der Waals surface area contributed by atoms with Crippen LogP contribution < -0.4 is 16.2 Å². The standard InChI is InChI=1S/C20H18F3N3O4/c21-20(22,23)12-3-1-11(2-4-12)19(29)30-14-7-5-13(6-8-14)26-17(27)15(9-24)16(10-25)18(26)28/h1-8,27-28H,9-10,24-25H2. The topological polar surface area (TPSA) is 124 Å². The lowest BCUT2D eigenvalue weighted by Gasteiger charge is -2.10. The molecule has 0 aliphatic rings. The zero-order valence-corrected chi connectivity index (χ0v) is 15.5. The van der Waals surface area contributed by atoms with E-state index >= 15 is 0 Å². The van der Waals surface area contributed by atoms with E-state index < -0.39 is 17.7 Å². The zero-order valence-electron chi connectivity index (χ0n) is 15.5. The number of halogens is 3. The van der Waals surface area contributed by atoms with E-state index in [0.717, 1.165) is 28.8 Å². The van der Waals surface area contributed by atoms with Crippen molar-refractivity contribution in [3.8, 4) is 23.2 Å². The van der Waals surface area contributed by atoms with Gasteiger partial charge < -0.3 is 26.4 Å². The fraction of sp³-hybridized carbons (Fsp3) is 0.150. The van der Waals surface area contributed by atoms with Crippen molar-refractivity contribution in [1.82, 2.24) is 4.57 Å². The van der Waals surface area contributed by atoms with Gasteiger partial charge in [-0.1, -0.05) is 0 Å². The number of carbonyl (C=O) groups is 1. The molecule has 0 atom stereocenters. The molecule has 2 aromatic carbocycles. The zero-order chi connectivity index (χ0) is 22.1. The summed E-state index contributed by atoms with van der Waals surface area (Å²) in [6.45, 7) is -0.0521. The lowest BCUT2D eigenvalue weighted by atomic mass is 10.1. The van der Waals surface area contributed by atoms with Crippen LogP contribution in [0.3, 0.4) is 0 Å². The van der Waals surface area contributed by atoms with Gasteiger partial charge in [0.25, 0.3) is 0 Å². The normalized spacial score (nSPS) is 11.5. The quantitative estimate of drug-likeness (QED) is 0.371. The minimum absolute atomic E-state index is 0.0260. The summed E-state index contributed by atoms with van der Waals surface area (Å²) in [6.07, 6.45) is -4.50. The molecular formula is C20H18F3N3O4. The molecule has 158 valence electrons. The van der Waals surface area contributed by atoms with Crippen LogP contribution in [-0.2, 0) is 19.3 Å². The summed E-state index contributed by atoms with van der Waals surface area (Å²) in [7, 11) is 0. The van der Waals surface area contributed by atoms with Gasteiger partial charge in [0.05, 0.1) is 16.8 Å². The number of carbonyl (C=O) groups excluding carboxylic acids is 1. The Balaban J connectivity index is 1.80. The highest BCUT2D eigenvalue weighted by Crippen LogP contribution is 2.36. The van der Waals surface area contributed by atoms with E-state index in [1.807, 2.05) is 0 Å². The molecule has 0 spiro atoms. The van der Waals surface area contributed by atoms with E-state index in [0.29, 0.717) is 16.8 Å². The van der Waals surface area contributed by atoms with Crippen molar-refractivity contribution in [3.05, 3.63) is 70.8 Å². The lowest BCUT2D eigenvalue weighted by molar-refractivity contribution is -0.137. The van der Waals surface area contributed by atoms with Gasteiger partial charge in [0, 0.05) is 24.2 Å². The molecule has 7 nitrogen and oxygen atoms in total. The molecule has 0 fully saturated rings. The molecule has 3 aromatic rings. The maximum Gasteiger partial charge on any atom is 0.416 e. The molecular weight excluding hydrogens is 403 g/mol.